The Morgan fingerprint density at radius 3 is 2.81 bits per heavy atom. The van der Waals surface area contributed by atoms with Crippen molar-refractivity contribution in [2.45, 2.75) is 32.0 Å². The number of nitriles is 1. The summed E-state index contributed by atoms with van der Waals surface area (Å²) in [5, 5.41) is 8.94. The number of ether oxygens (including phenoxy) is 2. The van der Waals surface area contributed by atoms with Crippen LogP contribution in [0, 0.1) is 11.3 Å². The molecule has 0 amide bonds. The highest BCUT2D eigenvalue weighted by atomic mass is 16.5. The molecule has 1 fully saturated rings. The monoisotopic (exact) mass is 217 g/mol. The lowest BCUT2D eigenvalue weighted by atomic mass is 9.96. The normalized spacial score (nSPS) is 15.2. The molecule has 0 radical (unpaired) electrons. The first-order valence-corrected chi connectivity index (χ1v) is 5.52. The summed E-state index contributed by atoms with van der Waals surface area (Å²) in [5.41, 5.74) is 1.60. The molecule has 16 heavy (non-hydrogen) atoms. The van der Waals surface area contributed by atoms with E-state index in [4.69, 9.17) is 14.7 Å². The van der Waals surface area contributed by atoms with Gasteiger partial charge in [-0.2, -0.15) is 5.26 Å². The molecule has 0 N–H and O–H groups in total. The first kappa shape index (κ1) is 11.0. The van der Waals surface area contributed by atoms with Gasteiger partial charge in [-0.3, -0.25) is 0 Å². The fourth-order valence-corrected chi connectivity index (χ4v) is 1.68. The average Bonchev–Trinajstić information content (AvgIpc) is 2.26. The summed E-state index contributed by atoms with van der Waals surface area (Å²) in [6.45, 7) is 0.587. The van der Waals surface area contributed by atoms with Crippen LogP contribution in [0.3, 0.4) is 0 Å². The number of nitrogens with zero attached hydrogens (tertiary/aromatic N) is 1. The number of benzene rings is 1. The molecule has 1 aromatic rings. The second kappa shape index (κ2) is 5.00. The van der Waals surface area contributed by atoms with E-state index in [-0.39, 0.29) is 0 Å². The Kier molecular flexibility index (Phi) is 3.43. The molecule has 0 spiro atoms. The summed E-state index contributed by atoms with van der Waals surface area (Å²) in [6.07, 6.45) is 4.03. The van der Waals surface area contributed by atoms with E-state index in [1.807, 2.05) is 18.2 Å². The molecule has 0 bridgehead atoms. The van der Waals surface area contributed by atoms with E-state index in [9.17, 15) is 0 Å². The van der Waals surface area contributed by atoms with Crippen LogP contribution < -0.4 is 4.74 Å². The van der Waals surface area contributed by atoms with Crippen LogP contribution >= 0.6 is 0 Å². The Morgan fingerprint density at radius 2 is 2.25 bits per heavy atom. The molecule has 0 heterocycles. The number of hydrogen-bond acceptors (Lipinski definition) is 3. The Morgan fingerprint density at radius 1 is 1.44 bits per heavy atom. The van der Waals surface area contributed by atoms with E-state index in [0.29, 0.717) is 24.0 Å². The Balaban J connectivity index is 2.01. The summed E-state index contributed by atoms with van der Waals surface area (Å²) in [5.74, 6) is 0.620. The first-order valence-electron chi connectivity index (χ1n) is 5.52. The minimum Gasteiger partial charge on any atom is -0.495 e. The first-order chi connectivity index (χ1) is 7.83. The van der Waals surface area contributed by atoms with E-state index in [2.05, 4.69) is 6.07 Å². The van der Waals surface area contributed by atoms with Crippen molar-refractivity contribution in [3.63, 3.8) is 0 Å². The van der Waals surface area contributed by atoms with Gasteiger partial charge in [0.25, 0.3) is 0 Å². The molecule has 3 nitrogen and oxygen atoms in total. The highest BCUT2D eigenvalue weighted by Crippen LogP contribution is 2.24. The molecule has 2 rings (SSSR count). The SMILES string of the molecule is COc1ccc(COC2CCC2)cc1C#N. The predicted octanol–water partition coefficient (Wildman–Crippen LogP) is 2.64. The lowest BCUT2D eigenvalue weighted by molar-refractivity contribution is -0.00867. The van der Waals surface area contributed by atoms with Crippen LogP contribution in [-0.2, 0) is 11.3 Å². The molecular weight excluding hydrogens is 202 g/mol. The maximum absolute atomic E-state index is 8.94. The molecule has 0 aliphatic heterocycles. The minimum absolute atomic E-state index is 0.424. The van der Waals surface area contributed by atoms with Gasteiger partial charge in [-0.15, -0.1) is 0 Å². The molecule has 1 saturated carbocycles. The largest absolute Gasteiger partial charge is 0.495 e. The van der Waals surface area contributed by atoms with Gasteiger partial charge in [0, 0.05) is 0 Å². The molecule has 1 aliphatic carbocycles. The van der Waals surface area contributed by atoms with Crippen molar-refractivity contribution in [1.82, 2.24) is 0 Å². The van der Waals surface area contributed by atoms with Crippen LogP contribution in [-0.4, -0.2) is 13.2 Å². The summed E-state index contributed by atoms with van der Waals surface area (Å²) in [4.78, 5) is 0. The number of hydrogen-bond donors (Lipinski definition) is 0. The van der Waals surface area contributed by atoms with E-state index < -0.39 is 0 Å². The van der Waals surface area contributed by atoms with Crippen LogP contribution in [0.25, 0.3) is 0 Å². The Bertz CT molecular complexity index is 405. The van der Waals surface area contributed by atoms with E-state index in [0.717, 1.165) is 5.56 Å². The van der Waals surface area contributed by atoms with Crippen molar-refractivity contribution in [3.05, 3.63) is 29.3 Å². The predicted molar refractivity (Wildman–Crippen MR) is 60.1 cm³/mol. The molecular formula is C13H15NO2. The van der Waals surface area contributed by atoms with Gasteiger partial charge in [0.05, 0.1) is 25.4 Å². The van der Waals surface area contributed by atoms with Crippen molar-refractivity contribution >= 4 is 0 Å². The fourth-order valence-electron chi connectivity index (χ4n) is 1.68. The second-order valence-corrected chi connectivity index (χ2v) is 4.01. The minimum atomic E-state index is 0.424. The van der Waals surface area contributed by atoms with Gasteiger partial charge < -0.3 is 9.47 Å². The van der Waals surface area contributed by atoms with E-state index in [1.54, 1.807) is 7.11 Å². The number of methoxy groups -OCH3 is 1. The maximum atomic E-state index is 8.94. The van der Waals surface area contributed by atoms with Crippen LogP contribution in [0.4, 0.5) is 0 Å². The van der Waals surface area contributed by atoms with Crippen molar-refractivity contribution < 1.29 is 9.47 Å². The summed E-state index contributed by atoms with van der Waals surface area (Å²) < 4.78 is 10.8. The van der Waals surface area contributed by atoms with Crippen molar-refractivity contribution in [2.75, 3.05) is 7.11 Å². The van der Waals surface area contributed by atoms with Gasteiger partial charge in [-0.25, -0.2) is 0 Å². The molecule has 0 saturated heterocycles. The van der Waals surface area contributed by atoms with E-state index in [1.165, 1.54) is 19.3 Å². The van der Waals surface area contributed by atoms with Gasteiger partial charge in [0.2, 0.25) is 0 Å². The molecule has 0 unspecified atom stereocenters. The zero-order valence-electron chi connectivity index (χ0n) is 9.40. The van der Waals surface area contributed by atoms with Crippen LogP contribution in [0.15, 0.2) is 18.2 Å². The van der Waals surface area contributed by atoms with Crippen molar-refractivity contribution in [3.8, 4) is 11.8 Å². The molecule has 84 valence electrons. The summed E-state index contributed by atoms with van der Waals surface area (Å²) in [7, 11) is 1.57. The lowest BCUT2D eigenvalue weighted by Gasteiger charge is -2.25. The zero-order chi connectivity index (χ0) is 11.4. The van der Waals surface area contributed by atoms with Crippen LogP contribution in [0.1, 0.15) is 30.4 Å². The third-order valence-corrected chi connectivity index (χ3v) is 2.92. The number of rotatable bonds is 4. The lowest BCUT2D eigenvalue weighted by Crippen LogP contribution is -2.21. The van der Waals surface area contributed by atoms with E-state index >= 15 is 0 Å². The highest BCUT2D eigenvalue weighted by Gasteiger charge is 2.17. The standard InChI is InChI=1S/C13H15NO2/c1-15-13-6-5-10(7-11(13)8-14)9-16-12-3-2-4-12/h5-7,12H,2-4,9H2,1H3. The van der Waals surface area contributed by atoms with Gasteiger partial charge >= 0.3 is 0 Å². The Labute approximate surface area is 95.6 Å². The quantitative estimate of drug-likeness (QED) is 0.778. The fraction of sp³-hybridized carbons (Fsp3) is 0.462. The van der Waals surface area contributed by atoms with Crippen molar-refractivity contribution in [2.24, 2.45) is 0 Å². The third-order valence-electron chi connectivity index (χ3n) is 2.92. The zero-order valence-corrected chi connectivity index (χ0v) is 9.40. The summed E-state index contributed by atoms with van der Waals surface area (Å²) in [6, 6.07) is 7.71. The molecule has 1 aliphatic rings. The molecule has 1 aromatic carbocycles. The smallest absolute Gasteiger partial charge is 0.136 e. The highest BCUT2D eigenvalue weighted by molar-refractivity contribution is 5.45. The average molecular weight is 217 g/mol. The van der Waals surface area contributed by atoms with Gasteiger partial charge in [-0.05, 0) is 37.0 Å². The molecule has 3 heteroatoms. The maximum Gasteiger partial charge on any atom is 0.136 e. The van der Waals surface area contributed by atoms with Crippen molar-refractivity contribution in [1.29, 1.82) is 5.26 Å². The van der Waals surface area contributed by atoms with Gasteiger partial charge in [0.15, 0.2) is 0 Å². The molecule has 0 atom stereocenters. The van der Waals surface area contributed by atoms with Crippen LogP contribution in [0.5, 0.6) is 5.75 Å². The molecule has 0 aromatic heterocycles. The summed E-state index contributed by atoms with van der Waals surface area (Å²) >= 11 is 0. The van der Waals surface area contributed by atoms with Crippen LogP contribution in [0.2, 0.25) is 0 Å². The Hall–Kier alpha value is -1.53. The van der Waals surface area contributed by atoms with Gasteiger partial charge in [-0.1, -0.05) is 6.07 Å². The third kappa shape index (κ3) is 2.34. The van der Waals surface area contributed by atoms with Gasteiger partial charge in [0.1, 0.15) is 11.8 Å². The topological polar surface area (TPSA) is 42.2 Å². The second-order valence-electron chi connectivity index (χ2n) is 4.01.